The molecule has 0 radical (unpaired) electrons. The van der Waals surface area contributed by atoms with Crippen LogP contribution in [0.5, 0.6) is 11.5 Å². The summed E-state index contributed by atoms with van der Waals surface area (Å²) in [6.07, 6.45) is 0. The largest absolute Gasteiger partial charge is 0.454 e. The molecule has 0 amide bonds. The zero-order valence-corrected chi connectivity index (χ0v) is 13.2. The van der Waals surface area contributed by atoms with Crippen LogP contribution in [0.15, 0.2) is 42.5 Å². The fraction of sp³-hybridized carbons (Fsp3) is 0.278. The summed E-state index contributed by atoms with van der Waals surface area (Å²) in [5.74, 6) is 2.41. The summed E-state index contributed by atoms with van der Waals surface area (Å²) in [7, 11) is 0. The summed E-state index contributed by atoms with van der Waals surface area (Å²) in [5.41, 5.74) is 8.88. The van der Waals surface area contributed by atoms with Gasteiger partial charge in [0.2, 0.25) is 6.79 Å². The van der Waals surface area contributed by atoms with Gasteiger partial charge in [-0.05, 0) is 13.8 Å². The van der Waals surface area contributed by atoms with E-state index in [1.54, 1.807) is 0 Å². The van der Waals surface area contributed by atoms with E-state index in [1.165, 1.54) is 0 Å². The van der Waals surface area contributed by atoms with Crippen LogP contribution in [0.4, 0.5) is 0 Å². The van der Waals surface area contributed by atoms with Crippen molar-refractivity contribution in [2.24, 2.45) is 5.73 Å². The molecule has 1 aliphatic heterocycles. The summed E-state index contributed by atoms with van der Waals surface area (Å²) >= 11 is 0. The Labute approximate surface area is 134 Å². The predicted molar refractivity (Wildman–Crippen MR) is 89.6 cm³/mol. The molecule has 0 bridgehead atoms. The molecule has 23 heavy (non-hydrogen) atoms. The van der Waals surface area contributed by atoms with Crippen LogP contribution in [0.3, 0.4) is 0 Å². The highest BCUT2D eigenvalue weighted by atomic mass is 16.7. The number of fused-ring (bicyclic) bond motifs is 2. The summed E-state index contributed by atoms with van der Waals surface area (Å²) in [6.45, 7) is 4.95. The number of nitrogens with two attached hydrogens (primary N) is 1. The Bertz CT molecular complexity index is 863. The third-order valence-corrected chi connectivity index (χ3v) is 3.84. The van der Waals surface area contributed by atoms with Gasteiger partial charge in [-0.25, -0.2) is 4.98 Å². The minimum Gasteiger partial charge on any atom is -0.454 e. The maximum atomic E-state index is 6.27. The first-order valence-corrected chi connectivity index (χ1v) is 7.65. The maximum Gasteiger partial charge on any atom is 0.231 e. The Balaban J connectivity index is 1.96. The lowest BCUT2D eigenvalue weighted by atomic mass is 10.1. The van der Waals surface area contributed by atoms with E-state index >= 15 is 0 Å². The van der Waals surface area contributed by atoms with E-state index in [0.717, 1.165) is 33.9 Å². The topological polar surface area (TPSA) is 62.3 Å². The summed E-state index contributed by atoms with van der Waals surface area (Å²) in [6, 6.07) is 14.1. The molecule has 5 heteroatoms. The average Bonchev–Trinajstić information content (AvgIpc) is 3.09. The number of ether oxygens (including phenoxy) is 2. The Morgan fingerprint density at radius 2 is 1.83 bits per heavy atom. The Morgan fingerprint density at radius 1 is 1.13 bits per heavy atom. The van der Waals surface area contributed by atoms with Crippen molar-refractivity contribution in [3.63, 3.8) is 0 Å². The van der Waals surface area contributed by atoms with Crippen molar-refractivity contribution in [2.45, 2.75) is 25.9 Å². The van der Waals surface area contributed by atoms with Crippen LogP contribution in [0.25, 0.3) is 22.4 Å². The van der Waals surface area contributed by atoms with Crippen LogP contribution < -0.4 is 15.2 Å². The van der Waals surface area contributed by atoms with E-state index in [2.05, 4.69) is 16.7 Å². The first kappa shape index (κ1) is 14.1. The lowest BCUT2D eigenvalue weighted by molar-refractivity contribution is 0.174. The first-order valence-electron chi connectivity index (χ1n) is 7.65. The molecule has 0 atom stereocenters. The monoisotopic (exact) mass is 309 g/mol. The highest BCUT2D eigenvalue weighted by Crippen LogP contribution is 2.37. The van der Waals surface area contributed by atoms with Crippen LogP contribution >= 0.6 is 0 Å². The Morgan fingerprint density at radius 3 is 2.52 bits per heavy atom. The highest BCUT2D eigenvalue weighted by molar-refractivity contribution is 5.84. The fourth-order valence-electron chi connectivity index (χ4n) is 2.89. The minimum atomic E-state index is -0.354. The molecule has 118 valence electrons. The van der Waals surface area contributed by atoms with Gasteiger partial charge in [0.25, 0.3) is 0 Å². The molecule has 0 saturated carbocycles. The zero-order chi connectivity index (χ0) is 16.0. The molecular weight excluding hydrogens is 290 g/mol. The van der Waals surface area contributed by atoms with E-state index in [4.69, 9.17) is 20.2 Å². The number of benzene rings is 2. The molecule has 1 aliphatic rings. The van der Waals surface area contributed by atoms with Crippen LogP contribution in [-0.2, 0) is 6.54 Å². The molecule has 0 aliphatic carbocycles. The molecule has 1 aromatic heterocycles. The van der Waals surface area contributed by atoms with Crippen molar-refractivity contribution < 1.29 is 9.47 Å². The minimum absolute atomic E-state index is 0.260. The van der Waals surface area contributed by atoms with Gasteiger partial charge in [-0.3, -0.25) is 0 Å². The van der Waals surface area contributed by atoms with Crippen molar-refractivity contribution >= 4 is 11.0 Å². The van der Waals surface area contributed by atoms with Crippen LogP contribution in [0.1, 0.15) is 13.8 Å². The predicted octanol–water partition coefficient (Wildman–Crippen LogP) is 3.17. The molecule has 0 unspecified atom stereocenters. The molecular formula is C18H19N3O2. The molecule has 2 aromatic carbocycles. The van der Waals surface area contributed by atoms with Crippen LogP contribution in [-0.4, -0.2) is 21.9 Å². The Hall–Kier alpha value is -2.53. The van der Waals surface area contributed by atoms with Crippen LogP contribution in [0, 0.1) is 0 Å². The lowest BCUT2D eigenvalue weighted by Gasteiger charge is -2.21. The fourth-order valence-corrected chi connectivity index (χ4v) is 2.89. The van der Waals surface area contributed by atoms with E-state index in [1.807, 2.05) is 44.2 Å². The van der Waals surface area contributed by atoms with Crippen molar-refractivity contribution in [1.29, 1.82) is 0 Å². The molecule has 0 spiro atoms. The maximum absolute atomic E-state index is 6.27. The molecule has 0 fully saturated rings. The summed E-state index contributed by atoms with van der Waals surface area (Å²) < 4.78 is 13.1. The number of imidazole rings is 1. The second-order valence-corrected chi connectivity index (χ2v) is 6.57. The van der Waals surface area contributed by atoms with E-state index in [0.29, 0.717) is 6.54 Å². The molecule has 3 aromatic rings. The standard InChI is InChI=1S/C18H19N3O2/c1-18(2,19)10-21-14-9-16-15(22-11-23-16)8-13(14)20-17(21)12-6-4-3-5-7-12/h3-9H,10-11,19H2,1-2H3. The average molecular weight is 309 g/mol. The molecule has 0 saturated heterocycles. The van der Waals surface area contributed by atoms with Gasteiger partial charge in [-0.15, -0.1) is 0 Å². The van der Waals surface area contributed by atoms with E-state index in [-0.39, 0.29) is 12.3 Å². The van der Waals surface area contributed by atoms with E-state index < -0.39 is 0 Å². The number of rotatable bonds is 3. The normalized spacial score (nSPS) is 13.7. The number of nitrogens with zero attached hydrogens (tertiary/aromatic N) is 2. The first-order chi connectivity index (χ1) is 11.0. The second-order valence-electron chi connectivity index (χ2n) is 6.57. The van der Waals surface area contributed by atoms with Crippen LogP contribution in [0.2, 0.25) is 0 Å². The van der Waals surface area contributed by atoms with Crippen molar-refractivity contribution in [1.82, 2.24) is 9.55 Å². The zero-order valence-electron chi connectivity index (χ0n) is 13.2. The van der Waals surface area contributed by atoms with Gasteiger partial charge in [0.05, 0.1) is 11.0 Å². The summed E-state index contributed by atoms with van der Waals surface area (Å²) in [5, 5.41) is 0. The smallest absolute Gasteiger partial charge is 0.231 e. The molecule has 4 rings (SSSR count). The van der Waals surface area contributed by atoms with Gasteiger partial charge in [0, 0.05) is 29.8 Å². The summed E-state index contributed by atoms with van der Waals surface area (Å²) in [4.78, 5) is 4.82. The molecule has 2 heterocycles. The second kappa shape index (κ2) is 4.99. The van der Waals surface area contributed by atoms with Gasteiger partial charge < -0.3 is 19.8 Å². The quantitative estimate of drug-likeness (QED) is 0.807. The van der Waals surface area contributed by atoms with Crippen molar-refractivity contribution in [2.75, 3.05) is 6.79 Å². The molecule has 2 N–H and O–H groups in total. The number of hydrogen-bond acceptors (Lipinski definition) is 4. The van der Waals surface area contributed by atoms with Crippen molar-refractivity contribution in [3.8, 4) is 22.9 Å². The van der Waals surface area contributed by atoms with Gasteiger partial charge >= 0.3 is 0 Å². The van der Waals surface area contributed by atoms with Gasteiger partial charge in [-0.2, -0.15) is 0 Å². The van der Waals surface area contributed by atoms with Gasteiger partial charge in [0.15, 0.2) is 11.5 Å². The Kier molecular flexibility index (Phi) is 3.06. The third kappa shape index (κ3) is 2.53. The van der Waals surface area contributed by atoms with Gasteiger partial charge in [0.1, 0.15) is 5.82 Å². The number of hydrogen-bond donors (Lipinski definition) is 1. The van der Waals surface area contributed by atoms with E-state index in [9.17, 15) is 0 Å². The van der Waals surface area contributed by atoms with Crippen molar-refractivity contribution in [3.05, 3.63) is 42.5 Å². The van der Waals surface area contributed by atoms with Gasteiger partial charge in [-0.1, -0.05) is 30.3 Å². The molecule has 5 nitrogen and oxygen atoms in total. The SMILES string of the molecule is CC(C)(N)Cn1c(-c2ccccc2)nc2cc3c(cc21)OCO3. The lowest BCUT2D eigenvalue weighted by Crippen LogP contribution is -2.37. The third-order valence-electron chi connectivity index (χ3n) is 3.84. The highest BCUT2D eigenvalue weighted by Gasteiger charge is 2.22. The number of aromatic nitrogens is 2.